The van der Waals surface area contributed by atoms with E-state index >= 15 is 0 Å². The minimum Gasteiger partial charge on any atom is -0.872 e. The second kappa shape index (κ2) is 9.04. The molecule has 5 nitrogen and oxygen atoms in total. The summed E-state index contributed by atoms with van der Waals surface area (Å²) in [5.74, 6) is -0.155. The van der Waals surface area contributed by atoms with E-state index in [9.17, 15) is 15.0 Å². The van der Waals surface area contributed by atoms with Crippen LogP contribution in [0.2, 0.25) is 0 Å². The molecule has 144 valence electrons. The van der Waals surface area contributed by atoms with Gasteiger partial charge < -0.3 is 19.9 Å². The van der Waals surface area contributed by atoms with Crippen molar-refractivity contribution in [1.29, 1.82) is 0 Å². The predicted octanol–water partition coefficient (Wildman–Crippen LogP) is 1.63. The number of aliphatic hydroxyl groups excluding tert-OH is 1. The average molecular weight is 390 g/mol. The molecule has 0 aliphatic heterocycles. The Morgan fingerprint density at radius 2 is 1.85 bits per heavy atom. The smallest absolute Gasteiger partial charge is 0.340 e. The predicted molar refractivity (Wildman–Crippen MR) is 105 cm³/mol. The number of hydrogen-bond acceptors (Lipinski definition) is 4. The Bertz CT molecular complexity index is 967. The SMILES string of the molecule is Cc1c(Cc2ccccc2)c(=O)oc2c(C[NH2+]CC(C)O)c([O-])ccc12.Cl. The maximum absolute atomic E-state index is 12.6. The molecule has 0 aliphatic rings. The summed E-state index contributed by atoms with van der Waals surface area (Å²) in [4.78, 5) is 12.6. The number of halogens is 1. The molecule has 0 saturated carbocycles. The van der Waals surface area contributed by atoms with Crippen molar-refractivity contribution in [3.8, 4) is 5.75 Å². The van der Waals surface area contributed by atoms with Gasteiger partial charge in [-0.05, 0) is 25.0 Å². The van der Waals surface area contributed by atoms with Gasteiger partial charge in [-0.25, -0.2) is 4.79 Å². The lowest BCUT2D eigenvalue weighted by atomic mass is 9.98. The van der Waals surface area contributed by atoms with Gasteiger partial charge in [-0.3, -0.25) is 0 Å². The van der Waals surface area contributed by atoms with Crippen LogP contribution in [0.4, 0.5) is 0 Å². The molecular formula is C21H24ClNO4. The van der Waals surface area contributed by atoms with Gasteiger partial charge in [-0.1, -0.05) is 48.2 Å². The number of fused-ring (bicyclic) bond motifs is 1. The maximum atomic E-state index is 12.6. The van der Waals surface area contributed by atoms with Crippen LogP contribution in [0.1, 0.15) is 29.2 Å². The lowest BCUT2D eigenvalue weighted by molar-refractivity contribution is -0.676. The fourth-order valence-electron chi connectivity index (χ4n) is 3.16. The van der Waals surface area contributed by atoms with Crippen LogP contribution in [-0.2, 0) is 13.0 Å². The second-order valence-corrected chi connectivity index (χ2v) is 6.65. The van der Waals surface area contributed by atoms with Gasteiger partial charge >= 0.3 is 5.63 Å². The van der Waals surface area contributed by atoms with Crippen molar-refractivity contribution in [3.05, 3.63) is 75.1 Å². The summed E-state index contributed by atoms with van der Waals surface area (Å²) in [7, 11) is 0. The van der Waals surface area contributed by atoms with Crippen molar-refractivity contribution in [1.82, 2.24) is 0 Å². The molecule has 0 fully saturated rings. The normalized spacial score (nSPS) is 12.0. The zero-order chi connectivity index (χ0) is 18.7. The molecule has 1 heterocycles. The Labute approximate surface area is 164 Å². The zero-order valence-electron chi connectivity index (χ0n) is 15.4. The molecule has 3 N–H and O–H groups in total. The highest BCUT2D eigenvalue weighted by Gasteiger charge is 2.15. The highest BCUT2D eigenvalue weighted by molar-refractivity contribution is 5.86. The van der Waals surface area contributed by atoms with Crippen LogP contribution in [0.5, 0.6) is 5.75 Å². The largest absolute Gasteiger partial charge is 0.872 e. The highest BCUT2D eigenvalue weighted by Crippen LogP contribution is 2.28. The molecule has 1 unspecified atom stereocenters. The van der Waals surface area contributed by atoms with Crippen LogP contribution in [0.3, 0.4) is 0 Å². The summed E-state index contributed by atoms with van der Waals surface area (Å²) in [6.45, 7) is 4.43. The Morgan fingerprint density at radius 1 is 1.15 bits per heavy atom. The third-order valence-corrected chi connectivity index (χ3v) is 4.60. The average Bonchev–Trinajstić information content (AvgIpc) is 2.61. The monoisotopic (exact) mass is 389 g/mol. The van der Waals surface area contributed by atoms with Gasteiger partial charge in [0, 0.05) is 22.9 Å². The van der Waals surface area contributed by atoms with Crippen molar-refractivity contribution >= 4 is 23.4 Å². The van der Waals surface area contributed by atoms with Crippen LogP contribution in [0.15, 0.2) is 51.7 Å². The van der Waals surface area contributed by atoms with Gasteiger partial charge in [0.2, 0.25) is 0 Å². The number of aryl methyl sites for hydroxylation is 1. The fourth-order valence-corrected chi connectivity index (χ4v) is 3.16. The van der Waals surface area contributed by atoms with E-state index in [4.69, 9.17) is 4.42 Å². The minimum atomic E-state index is -0.466. The van der Waals surface area contributed by atoms with E-state index in [0.29, 0.717) is 36.2 Å². The number of rotatable bonds is 6. The minimum absolute atomic E-state index is 0. The van der Waals surface area contributed by atoms with Crippen LogP contribution >= 0.6 is 12.4 Å². The van der Waals surface area contributed by atoms with Crippen molar-refractivity contribution in [2.75, 3.05) is 6.54 Å². The van der Waals surface area contributed by atoms with Crippen molar-refractivity contribution in [2.45, 2.75) is 32.9 Å². The standard InChI is InChI=1S/C21H23NO4.ClH/c1-13(23)11-22-12-18-19(24)9-8-16-14(2)17(21(25)26-20(16)18)10-15-6-4-3-5-7-15;/h3-9,13,22-24H,10-12H2,1-2H3;1H. The van der Waals surface area contributed by atoms with Crippen molar-refractivity contribution in [2.24, 2.45) is 0 Å². The van der Waals surface area contributed by atoms with Crippen LogP contribution < -0.4 is 16.0 Å². The van der Waals surface area contributed by atoms with Gasteiger partial charge in [-0.15, -0.1) is 12.4 Å². The molecule has 0 spiro atoms. The molecule has 3 rings (SSSR count). The van der Waals surface area contributed by atoms with Gasteiger partial charge in [0.05, 0.1) is 6.10 Å². The highest BCUT2D eigenvalue weighted by atomic mass is 35.5. The van der Waals surface area contributed by atoms with Gasteiger partial charge in [0.15, 0.2) is 0 Å². The maximum Gasteiger partial charge on any atom is 0.340 e. The van der Waals surface area contributed by atoms with Crippen molar-refractivity contribution < 1.29 is 19.9 Å². The van der Waals surface area contributed by atoms with Crippen LogP contribution in [-0.4, -0.2) is 17.8 Å². The van der Waals surface area contributed by atoms with Gasteiger partial charge in [0.25, 0.3) is 0 Å². The number of quaternary nitrogens is 1. The topological polar surface area (TPSA) is 90.1 Å². The molecule has 0 amide bonds. The molecule has 0 radical (unpaired) electrons. The van der Waals surface area contributed by atoms with Crippen LogP contribution in [0, 0.1) is 6.92 Å². The van der Waals surface area contributed by atoms with E-state index in [2.05, 4.69) is 0 Å². The first kappa shape index (κ1) is 21.0. The zero-order valence-corrected chi connectivity index (χ0v) is 16.2. The second-order valence-electron chi connectivity index (χ2n) is 6.65. The summed E-state index contributed by atoms with van der Waals surface area (Å²) < 4.78 is 5.58. The number of nitrogens with two attached hydrogens (primary N) is 1. The third kappa shape index (κ3) is 4.69. The van der Waals surface area contributed by atoms with E-state index in [1.54, 1.807) is 13.0 Å². The summed E-state index contributed by atoms with van der Waals surface area (Å²) in [6, 6.07) is 13.0. The third-order valence-electron chi connectivity index (χ3n) is 4.60. The Balaban J connectivity index is 0.00000261. The van der Waals surface area contributed by atoms with Gasteiger partial charge in [-0.2, -0.15) is 0 Å². The number of aliphatic hydroxyl groups is 1. The molecule has 0 bridgehead atoms. The molecular weight excluding hydrogens is 366 g/mol. The van der Waals surface area contributed by atoms with E-state index in [-0.39, 0.29) is 18.2 Å². The fraction of sp³-hybridized carbons (Fsp3) is 0.286. The molecule has 27 heavy (non-hydrogen) atoms. The molecule has 1 aromatic heterocycles. The quantitative estimate of drug-likeness (QED) is 0.627. The first-order valence-electron chi connectivity index (χ1n) is 8.76. The van der Waals surface area contributed by atoms with E-state index in [1.165, 1.54) is 6.07 Å². The lowest BCUT2D eigenvalue weighted by Crippen LogP contribution is -2.84. The Hall–Kier alpha value is -2.34. The van der Waals surface area contributed by atoms with E-state index in [0.717, 1.165) is 16.5 Å². The summed E-state index contributed by atoms with van der Waals surface area (Å²) in [5, 5.41) is 24.3. The number of benzene rings is 2. The van der Waals surface area contributed by atoms with E-state index < -0.39 is 11.7 Å². The molecule has 3 aromatic rings. The van der Waals surface area contributed by atoms with Crippen LogP contribution in [0.25, 0.3) is 11.0 Å². The first-order valence-corrected chi connectivity index (χ1v) is 8.76. The van der Waals surface area contributed by atoms with Gasteiger partial charge in [0.1, 0.15) is 18.7 Å². The Kier molecular flexibility index (Phi) is 7.02. The van der Waals surface area contributed by atoms with E-state index in [1.807, 2.05) is 42.6 Å². The summed E-state index contributed by atoms with van der Waals surface area (Å²) in [5.41, 5.74) is 2.92. The molecule has 1 atom stereocenters. The lowest BCUT2D eigenvalue weighted by Gasteiger charge is -2.16. The Morgan fingerprint density at radius 3 is 2.52 bits per heavy atom. The summed E-state index contributed by atoms with van der Waals surface area (Å²) in [6.07, 6.45) is 0.0272. The molecule has 0 aliphatic carbocycles. The molecule has 2 aromatic carbocycles. The first-order chi connectivity index (χ1) is 12.5. The van der Waals surface area contributed by atoms with Crippen molar-refractivity contribution in [3.63, 3.8) is 0 Å². The number of hydrogen-bond donors (Lipinski definition) is 2. The molecule has 6 heteroatoms. The summed E-state index contributed by atoms with van der Waals surface area (Å²) >= 11 is 0. The molecule has 0 saturated heterocycles.